The number of aryl methyl sites for hydroxylation is 1. The van der Waals surface area contributed by atoms with Crippen LogP contribution in [0.2, 0.25) is 0 Å². The van der Waals surface area contributed by atoms with Crippen molar-refractivity contribution < 1.29 is 13.2 Å². The van der Waals surface area contributed by atoms with Crippen molar-refractivity contribution >= 4 is 21.8 Å². The van der Waals surface area contributed by atoms with Crippen molar-refractivity contribution in [1.82, 2.24) is 4.31 Å². The number of thioether (sulfide) groups is 1. The minimum atomic E-state index is -3.49. The fourth-order valence-electron chi connectivity index (χ4n) is 2.64. The van der Waals surface area contributed by atoms with Gasteiger partial charge in [-0.25, -0.2) is 8.42 Å². The molecule has 4 nitrogen and oxygen atoms in total. The van der Waals surface area contributed by atoms with Gasteiger partial charge in [0.1, 0.15) is 5.75 Å². The molecule has 0 unspecified atom stereocenters. The van der Waals surface area contributed by atoms with Gasteiger partial charge >= 0.3 is 0 Å². The Morgan fingerprint density at radius 3 is 2.57 bits per heavy atom. The average molecular weight is 349 g/mol. The molecule has 0 radical (unpaired) electrons. The highest BCUT2D eigenvalue weighted by molar-refractivity contribution is 8.01. The molecule has 1 atom stereocenters. The first-order valence-corrected chi connectivity index (χ1v) is 9.85. The lowest BCUT2D eigenvalue weighted by atomic mass is 10.2. The van der Waals surface area contributed by atoms with Crippen LogP contribution in [0.25, 0.3) is 0 Å². The molecule has 0 amide bonds. The molecule has 0 aromatic heterocycles. The molecule has 2 aromatic carbocycles. The number of hydrogen-bond acceptors (Lipinski definition) is 4. The van der Waals surface area contributed by atoms with Crippen LogP contribution in [-0.2, 0) is 10.0 Å². The number of sulfonamides is 1. The van der Waals surface area contributed by atoms with Crippen molar-refractivity contribution in [3.05, 3.63) is 59.7 Å². The van der Waals surface area contributed by atoms with Gasteiger partial charge in [0.15, 0.2) is 0 Å². The van der Waals surface area contributed by atoms with Crippen LogP contribution in [0.1, 0.15) is 16.5 Å². The van der Waals surface area contributed by atoms with Crippen molar-refractivity contribution in [3.63, 3.8) is 0 Å². The Kier molecular flexibility index (Phi) is 4.66. The summed E-state index contributed by atoms with van der Waals surface area (Å²) in [6, 6.07) is 14.7. The molecule has 1 aliphatic rings. The minimum Gasteiger partial charge on any atom is -0.497 e. The van der Waals surface area contributed by atoms with E-state index in [-0.39, 0.29) is 5.37 Å². The van der Waals surface area contributed by atoms with Gasteiger partial charge in [0.25, 0.3) is 0 Å². The van der Waals surface area contributed by atoms with E-state index in [1.807, 2.05) is 37.3 Å². The van der Waals surface area contributed by atoms with E-state index < -0.39 is 10.0 Å². The van der Waals surface area contributed by atoms with Crippen LogP contribution in [0.5, 0.6) is 5.75 Å². The first-order chi connectivity index (χ1) is 11.0. The summed E-state index contributed by atoms with van der Waals surface area (Å²) in [4.78, 5) is 0.360. The molecule has 0 saturated carbocycles. The van der Waals surface area contributed by atoms with Crippen molar-refractivity contribution in [2.75, 3.05) is 19.4 Å². The average Bonchev–Trinajstić information content (AvgIpc) is 3.05. The van der Waals surface area contributed by atoms with Crippen LogP contribution in [-0.4, -0.2) is 32.1 Å². The second kappa shape index (κ2) is 6.55. The normalized spacial score (nSPS) is 19.0. The molecule has 0 aliphatic carbocycles. The first-order valence-electron chi connectivity index (χ1n) is 7.36. The molecular formula is C17H19NO3S2. The largest absolute Gasteiger partial charge is 0.497 e. The summed E-state index contributed by atoms with van der Waals surface area (Å²) in [7, 11) is -1.87. The summed E-state index contributed by atoms with van der Waals surface area (Å²) >= 11 is 1.65. The third kappa shape index (κ3) is 3.24. The molecule has 122 valence electrons. The molecule has 1 aliphatic heterocycles. The molecule has 1 fully saturated rings. The minimum absolute atomic E-state index is 0.189. The molecule has 0 bridgehead atoms. The van der Waals surface area contributed by atoms with E-state index in [2.05, 4.69) is 0 Å². The van der Waals surface area contributed by atoms with E-state index in [1.165, 1.54) is 0 Å². The van der Waals surface area contributed by atoms with Crippen molar-refractivity contribution in [1.29, 1.82) is 0 Å². The van der Waals surface area contributed by atoms with E-state index in [0.717, 1.165) is 22.6 Å². The van der Waals surface area contributed by atoms with Gasteiger partial charge in [-0.05, 0) is 42.3 Å². The number of ether oxygens (including phenoxy) is 1. The van der Waals surface area contributed by atoms with Gasteiger partial charge in [0.2, 0.25) is 10.0 Å². The summed E-state index contributed by atoms with van der Waals surface area (Å²) in [5, 5.41) is -0.189. The van der Waals surface area contributed by atoms with Gasteiger partial charge in [-0.3, -0.25) is 0 Å². The molecule has 2 aromatic rings. The van der Waals surface area contributed by atoms with Gasteiger partial charge in [-0.2, -0.15) is 4.31 Å². The van der Waals surface area contributed by atoms with Gasteiger partial charge in [0, 0.05) is 12.3 Å². The summed E-state index contributed by atoms with van der Waals surface area (Å²) < 4.78 is 32.7. The van der Waals surface area contributed by atoms with Crippen LogP contribution in [0.4, 0.5) is 0 Å². The predicted molar refractivity (Wildman–Crippen MR) is 93.3 cm³/mol. The van der Waals surface area contributed by atoms with Crippen LogP contribution in [0, 0.1) is 6.92 Å². The van der Waals surface area contributed by atoms with Crippen LogP contribution in [0.15, 0.2) is 53.4 Å². The van der Waals surface area contributed by atoms with Crippen molar-refractivity contribution in [3.8, 4) is 5.75 Å². The Balaban J connectivity index is 1.94. The van der Waals surface area contributed by atoms with Gasteiger partial charge in [-0.15, -0.1) is 11.8 Å². The Bertz CT molecular complexity index is 788. The SMILES string of the molecule is COc1ccc([C@@H]2SCCN2S(=O)(=O)c2cccc(C)c2)cc1. The second-order valence-electron chi connectivity index (χ2n) is 5.43. The maximum Gasteiger partial charge on any atom is 0.244 e. The van der Waals surface area contributed by atoms with Crippen molar-refractivity contribution in [2.45, 2.75) is 17.2 Å². The zero-order valence-electron chi connectivity index (χ0n) is 13.1. The summed E-state index contributed by atoms with van der Waals surface area (Å²) in [5.74, 6) is 1.56. The van der Waals surface area contributed by atoms with Crippen LogP contribution < -0.4 is 4.74 Å². The van der Waals surface area contributed by atoms with Gasteiger partial charge < -0.3 is 4.74 Å². The highest BCUT2D eigenvalue weighted by Gasteiger charge is 2.36. The van der Waals surface area contributed by atoms with E-state index in [1.54, 1.807) is 41.4 Å². The monoisotopic (exact) mass is 349 g/mol. The molecule has 0 N–H and O–H groups in total. The quantitative estimate of drug-likeness (QED) is 0.848. The lowest BCUT2D eigenvalue weighted by Crippen LogP contribution is -2.30. The number of hydrogen-bond donors (Lipinski definition) is 0. The second-order valence-corrected chi connectivity index (χ2v) is 8.51. The number of rotatable bonds is 4. The lowest BCUT2D eigenvalue weighted by Gasteiger charge is -2.24. The van der Waals surface area contributed by atoms with Gasteiger partial charge in [-0.1, -0.05) is 24.3 Å². The molecule has 23 heavy (non-hydrogen) atoms. The smallest absolute Gasteiger partial charge is 0.244 e. The van der Waals surface area contributed by atoms with Crippen LogP contribution in [0.3, 0.4) is 0 Å². The highest BCUT2D eigenvalue weighted by atomic mass is 32.2. The van der Waals surface area contributed by atoms with E-state index in [4.69, 9.17) is 4.74 Å². The Morgan fingerprint density at radius 1 is 1.17 bits per heavy atom. The number of methoxy groups -OCH3 is 1. The third-order valence-electron chi connectivity index (χ3n) is 3.85. The maximum absolute atomic E-state index is 13.0. The Hall–Kier alpha value is -1.50. The molecular weight excluding hydrogens is 330 g/mol. The Morgan fingerprint density at radius 2 is 1.91 bits per heavy atom. The zero-order chi connectivity index (χ0) is 16.4. The molecule has 1 heterocycles. The van der Waals surface area contributed by atoms with E-state index >= 15 is 0 Å². The zero-order valence-corrected chi connectivity index (χ0v) is 14.7. The first kappa shape index (κ1) is 16.4. The van der Waals surface area contributed by atoms with E-state index in [0.29, 0.717) is 11.4 Å². The van der Waals surface area contributed by atoms with Gasteiger partial charge in [0.05, 0.1) is 17.4 Å². The van der Waals surface area contributed by atoms with Crippen molar-refractivity contribution in [2.24, 2.45) is 0 Å². The molecule has 6 heteroatoms. The predicted octanol–water partition coefficient (Wildman–Crippen LogP) is 3.44. The molecule has 1 saturated heterocycles. The summed E-state index contributed by atoms with van der Waals surface area (Å²) in [6.07, 6.45) is 0. The third-order valence-corrected chi connectivity index (χ3v) is 7.10. The molecule has 0 spiro atoms. The molecule has 3 rings (SSSR count). The summed E-state index contributed by atoms with van der Waals surface area (Å²) in [5.41, 5.74) is 1.92. The lowest BCUT2D eigenvalue weighted by molar-refractivity contribution is 0.413. The topological polar surface area (TPSA) is 46.6 Å². The fourth-order valence-corrected chi connectivity index (χ4v) is 5.99. The standard InChI is InChI=1S/C17H19NO3S2/c1-13-4-3-5-16(12-13)23(19,20)18-10-11-22-17(18)14-6-8-15(21-2)9-7-14/h3-9,12,17H,10-11H2,1-2H3/t17-/m0/s1. The number of nitrogens with zero attached hydrogens (tertiary/aromatic N) is 1. The number of benzene rings is 2. The van der Waals surface area contributed by atoms with E-state index in [9.17, 15) is 8.42 Å². The highest BCUT2D eigenvalue weighted by Crippen LogP contribution is 2.41. The van der Waals surface area contributed by atoms with Crippen LogP contribution >= 0.6 is 11.8 Å². The maximum atomic E-state index is 13.0. The Labute approximate surface area is 141 Å². The summed E-state index contributed by atoms with van der Waals surface area (Å²) in [6.45, 7) is 2.43. The fraction of sp³-hybridized carbons (Fsp3) is 0.294.